The number of aromatic carboxylic acids is 1. The van der Waals surface area contributed by atoms with Crippen LogP contribution in [-0.4, -0.2) is 34.5 Å². The van der Waals surface area contributed by atoms with Gasteiger partial charge in [-0.1, -0.05) is 0 Å². The highest BCUT2D eigenvalue weighted by atomic mass is 32.2. The van der Waals surface area contributed by atoms with Gasteiger partial charge in [0.15, 0.2) is 0 Å². The summed E-state index contributed by atoms with van der Waals surface area (Å²) in [4.78, 5) is 15.2. The van der Waals surface area contributed by atoms with Gasteiger partial charge in [-0.15, -0.1) is 11.8 Å². The van der Waals surface area contributed by atoms with Crippen LogP contribution >= 0.6 is 11.8 Å². The van der Waals surface area contributed by atoms with E-state index in [2.05, 4.69) is 4.98 Å². The highest BCUT2D eigenvalue weighted by Gasteiger charge is 2.20. The van der Waals surface area contributed by atoms with Crippen molar-refractivity contribution in [1.82, 2.24) is 4.98 Å². The van der Waals surface area contributed by atoms with E-state index in [4.69, 9.17) is 15.6 Å². The Hall–Kier alpha value is -1.27. The second-order valence-electron chi connectivity index (χ2n) is 3.86. The fraction of sp³-hybridized carbons (Fsp3) is 0.455. The van der Waals surface area contributed by atoms with Gasteiger partial charge in [-0.25, -0.2) is 9.78 Å². The van der Waals surface area contributed by atoms with Crippen LogP contribution < -0.4 is 5.73 Å². The second-order valence-corrected chi connectivity index (χ2v) is 5.15. The Kier molecular flexibility index (Phi) is 3.86. The number of aromatic nitrogens is 1. The molecule has 0 unspecified atom stereocenters. The largest absolute Gasteiger partial charge is 0.478 e. The highest BCUT2D eigenvalue weighted by molar-refractivity contribution is 7.99. The lowest BCUT2D eigenvalue weighted by Crippen LogP contribution is -2.18. The van der Waals surface area contributed by atoms with Gasteiger partial charge in [-0.2, -0.15) is 0 Å². The number of hydrogen-bond donors (Lipinski definition) is 2. The molecule has 0 atom stereocenters. The number of carbonyl (C=O) groups is 1. The molecule has 0 amide bonds. The topological polar surface area (TPSA) is 85.4 Å². The van der Waals surface area contributed by atoms with Gasteiger partial charge in [0.05, 0.1) is 17.4 Å². The summed E-state index contributed by atoms with van der Waals surface area (Å²) in [6.45, 7) is 1.46. The zero-order chi connectivity index (χ0) is 12.3. The number of nitrogens with two attached hydrogens (primary N) is 1. The molecule has 0 saturated carbocycles. The molecule has 0 bridgehead atoms. The molecule has 0 aromatic carbocycles. The van der Waals surface area contributed by atoms with Gasteiger partial charge in [0, 0.05) is 18.5 Å². The molecule has 1 aromatic heterocycles. The first-order valence-corrected chi connectivity index (χ1v) is 6.28. The first-order valence-electron chi connectivity index (χ1n) is 5.40. The summed E-state index contributed by atoms with van der Waals surface area (Å²) in [7, 11) is 0. The van der Waals surface area contributed by atoms with Gasteiger partial charge in [0.2, 0.25) is 0 Å². The van der Waals surface area contributed by atoms with Crippen LogP contribution in [0.5, 0.6) is 0 Å². The second kappa shape index (κ2) is 5.37. The number of carboxylic acids is 1. The molecule has 1 saturated heterocycles. The molecule has 0 radical (unpaired) electrons. The molecule has 1 aliphatic rings. The van der Waals surface area contributed by atoms with Gasteiger partial charge >= 0.3 is 5.97 Å². The average Bonchev–Trinajstić information content (AvgIpc) is 2.32. The third-order valence-corrected chi connectivity index (χ3v) is 3.90. The van der Waals surface area contributed by atoms with Crippen LogP contribution in [0.3, 0.4) is 0 Å². The summed E-state index contributed by atoms with van der Waals surface area (Å²) >= 11 is 1.50. The monoisotopic (exact) mass is 254 g/mol. The van der Waals surface area contributed by atoms with Crippen molar-refractivity contribution in [1.29, 1.82) is 0 Å². The Morgan fingerprint density at radius 1 is 1.53 bits per heavy atom. The average molecular weight is 254 g/mol. The fourth-order valence-electron chi connectivity index (χ4n) is 1.67. The third kappa shape index (κ3) is 3.10. The number of ether oxygens (including phenoxy) is 1. The number of thioether (sulfide) groups is 1. The molecule has 6 heteroatoms. The quantitative estimate of drug-likeness (QED) is 0.852. The van der Waals surface area contributed by atoms with E-state index in [0.717, 1.165) is 26.1 Å². The number of pyridine rings is 1. The summed E-state index contributed by atoms with van der Waals surface area (Å²) in [5.74, 6) is -0.987. The van der Waals surface area contributed by atoms with Crippen LogP contribution in [0.4, 0.5) is 5.69 Å². The Balaban J connectivity index is 2.16. The number of carboxylic acid groups (broad SMARTS) is 1. The Morgan fingerprint density at radius 3 is 2.88 bits per heavy atom. The van der Waals surface area contributed by atoms with Crippen LogP contribution in [0.2, 0.25) is 0 Å². The van der Waals surface area contributed by atoms with Crippen molar-refractivity contribution in [3.05, 3.63) is 17.8 Å². The van der Waals surface area contributed by atoms with Crippen molar-refractivity contribution in [2.75, 3.05) is 18.9 Å². The molecule has 17 heavy (non-hydrogen) atoms. The summed E-state index contributed by atoms with van der Waals surface area (Å²) in [5.41, 5.74) is 6.10. The Morgan fingerprint density at radius 2 is 2.24 bits per heavy atom. The van der Waals surface area contributed by atoms with E-state index in [1.54, 1.807) is 0 Å². The van der Waals surface area contributed by atoms with Crippen LogP contribution in [0.15, 0.2) is 17.3 Å². The summed E-state index contributed by atoms with van der Waals surface area (Å²) in [5, 5.41) is 10.00. The molecule has 92 valence electrons. The van der Waals surface area contributed by atoms with E-state index in [9.17, 15) is 4.79 Å². The fourth-order valence-corrected chi connectivity index (χ4v) is 2.80. The lowest BCUT2D eigenvalue weighted by atomic mass is 10.2. The number of hydrogen-bond acceptors (Lipinski definition) is 5. The van der Waals surface area contributed by atoms with Gasteiger partial charge < -0.3 is 15.6 Å². The van der Waals surface area contributed by atoms with E-state index in [1.165, 1.54) is 24.0 Å². The molecule has 5 nitrogen and oxygen atoms in total. The maximum absolute atomic E-state index is 11.1. The van der Waals surface area contributed by atoms with Crippen molar-refractivity contribution in [3.8, 4) is 0 Å². The van der Waals surface area contributed by atoms with Crippen molar-refractivity contribution >= 4 is 23.4 Å². The molecule has 0 aliphatic carbocycles. The molecular formula is C11H14N2O3S. The first-order chi connectivity index (χ1) is 8.16. The van der Waals surface area contributed by atoms with Crippen molar-refractivity contribution in [2.45, 2.75) is 23.1 Å². The van der Waals surface area contributed by atoms with Crippen molar-refractivity contribution < 1.29 is 14.6 Å². The van der Waals surface area contributed by atoms with E-state index in [0.29, 0.717) is 16.0 Å². The van der Waals surface area contributed by atoms with E-state index in [1.807, 2.05) is 0 Å². The molecule has 0 spiro atoms. The molecule has 1 fully saturated rings. The van der Waals surface area contributed by atoms with Crippen LogP contribution in [0.1, 0.15) is 23.2 Å². The molecule has 3 N–H and O–H groups in total. The number of anilines is 1. The normalized spacial score (nSPS) is 16.9. The minimum atomic E-state index is -0.987. The lowest BCUT2D eigenvalue weighted by Gasteiger charge is -2.21. The lowest BCUT2D eigenvalue weighted by molar-refractivity contribution is 0.0692. The SMILES string of the molecule is Nc1cnc(SC2CCOCC2)c(C(=O)O)c1. The third-order valence-electron chi connectivity index (χ3n) is 2.55. The zero-order valence-electron chi connectivity index (χ0n) is 9.26. The van der Waals surface area contributed by atoms with Crippen LogP contribution in [0, 0.1) is 0 Å². The summed E-state index contributed by atoms with van der Waals surface area (Å²) < 4.78 is 5.26. The molecule has 1 aromatic rings. The maximum Gasteiger partial charge on any atom is 0.338 e. The van der Waals surface area contributed by atoms with Gasteiger partial charge in [0.1, 0.15) is 5.03 Å². The van der Waals surface area contributed by atoms with Crippen molar-refractivity contribution in [2.24, 2.45) is 0 Å². The van der Waals surface area contributed by atoms with E-state index < -0.39 is 5.97 Å². The summed E-state index contributed by atoms with van der Waals surface area (Å²) in [6, 6.07) is 1.46. The van der Waals surface area contributed by atoms with Crippen LogP contribution in [0.25, 0.3) is 0 Å². The summed E-state index contributed by atoms with van der Waals surface area (Å²) in [6.07, 6.45) is 3.35. The maximum atomic E-state index is 11.1. The van der Waals surface area contributed by atoms with Gasteiger partial charge in [0.25, 0.3) is 0 Å². The minimum absolute atomic E-state index is 0.182. The molecule has 2 heterocycles. The van der Waals surface area contributed by atoms with Gasteiger partial charge in [-0.3, -0.25) is 0 Å². The number of nitrogens with zero attached hydrogens (tertiary/aromatic N) is 1. The van der Waals surface area contributed by atoms with Gasteiger partial charge in [-0.05, 0) is 18.9 Å². The Labute approximate surface area is 103 Å². The number of rotatable bonds is 3. The van der Waals surface area contributed by atoms with E-state index in [-0.39, 0.29) is 5.56 Å². The molecule has 1 aliphatic heterocycles. The predicted molar refractivity (Wildman–Crippen MR) is 65.3 cm³/mol. The minimum Gasteiger partial charge on any atom is -0.478 e. The smallest absolute Gasteiger partial charge is 0.338 e. The zero-order valence-corrected chi connectivity index (χ0v) is 10.1. The van der Waals surface area contributed by atoms with E-state index >= 15 is 0 Å². The predicted octanol–water partition coefficient (Wildman–Crippen LogP) is 1.63. The first kappa shape index (κ1) is 12.2. The number of nitrogen functional groups attached to an aromatic ring is 1. The van der Waals surface area contributed by atoms with Crippen LogP contribution in [-0.2, 0) is 4.74 Å². The standard InChI is InChI=1S/C11H14N2O3S/c12-7-5-9(11(14)15)10(13-6-7)17-8-1-3-16-4-2-8/h5-6,8H,1-4,12H2,(H,14,15). The van der Waals surface area contributed by atoms with Crippen molar-refractivity contribution in [3.63, 3.8) is 0 Å². The molecule has 2 rings (SSSR count). The Bertz CT molecular complexity index is 419. The molecular weight excluding hydrogens is 240 g/mol. The highest BCUT2D eigenvalue weighted by Crippen LogP contribution is 2.31.